The van der Waals surface area contributed by atoms with E-state index in [4.69, 9.17) is 0 Å². The Labute approximate surface area is 86.2 Å². The van der Waals surface area contributed by atoms with Crippen molar-refractivity contribution in [1.29, 1.82) is 0 Å². The molecule has 82 valence electrons. The van der Waals surface area contributed by atoms with Gasteiger partial charge >= 0.3 is 0 Å². The van der Waals surface area contributed by atoms with Gasteiger partial charge in [0.15, 0.2) is 0 Å². The van der Waals surface area contributed by atoms with Crippen LogP contribution in [0.25, 0.3) is 0 Å². The summed E-state index contributed by atoms with van der Waals surface area (Å²) in [4.78, 5) is 0. The second-order valence-electron chi connectivity index (χ2n) is 5.68. The molecular formula is C10H19NO2S. The summed E-state index contributed by atoms with van der Waals surface area (Å²) in [5, 5.41) is 3.54. The van der Waals surface area contributed by atoms with Crippen LogP contribution < -0.4 is 5.32 Å². The highest BCUT2D eigenvalue weighted by Crippen LogP contribution is 2.67. The molecule has 0 saturated heterocycles. The van der Waals surface area contributed by atoms with Crippen molar-refractivity contribution in [3.63, 3.8) is 0 Å². The Hall–Kier alpha value is -0.0900. The normalized spacial score (nSPS) is 40.6. The minimum atomic E-state index is -2.79. The van der Waals surface area contributed by atoms with Gasteiger partial charge in [-0.3, -0.25) is 0 Å². The van der Waals surface area contributed by atoms with Crippen LogP contribution in [0.1, 0.15) is 33.1 Å². The number of rotatable bonds is 4. The molecule has 3 aliphatic rings. The predicted molar refractivity (Wildman–Crippen MR) is 57.0 cm³/mol. The van der Waals surface area contributed by atoms with E-state index in [0.717, 1.165) is 19.3 Å². The summed E-state index contributed by atoms with van der Waals surface area (Å²) < 4.78 is 22.3. The molecule has 3 nitrogen and oxygen atoms in total. The molecule has 0 aromatic carbocycles. The molecule has 0 aromatic rings. The second kappa shape index (κ2) is 2.73. The zero-order chi connectivity index (χ0) is 10.6. The van der Waals surface area contributed by atoms with Crippen molar-refractivity contribution >= 4 is 9.84 Å². The molecule has 3 fully saturated rings. The summed E-state index contributed by atoms with van der Waals surface area (Å²) in [5.74, 6) is 0.390. The lowest BCUT2D eigenvalue weighted by Gasteiger charge is -2.71. The van der Waals surface area contributed by atoms with Crippen molar-refractivity contribution in [2.45, 2.75) is 44.7 Å². The molecule has 0 heterocycles. The Balaban J connectivity index is 1.89. The molecule has 14 heavy (non-hydrogen) atoms. The Kier molecular flexibility index (Phi) is 2.03. The Morgan fingerprint density at radius 3 is 2.14 bits per heavy atom. The first-order chi connectivity index (χ1) is 6.24. The van der Waals surface area contributed by atoms with Gasteiger partial charge in [-0.2, -0.15) is 0 Å². The predicted octanol–water partition coefficient (Wildman–Crippen LogP) is 0.952. The molecule has 4 heteroatoms. The SMILES string of the molecule is CC(C)NC12CC(CS(C)(=O)=O)(C1)C2. The highest BCUT2D eigenvalue weighted by molar-refractivity contribution is 7.90. The van der Waals surface area contributed by atoms with E-state index in [2.05, 4.69) is 19.2 Å². The minimum absolute atomic E-state index is 0.148. The van der Waals surface area contributed by atoms with Gasteiger partial charge < -0.3 is 5.32 Å². The first-order valence-electron chi connectivity index (χ1n) is 5.20. The molecular weight excluding hydrogens is 198 g/mol. The number of hydrogen-bond acceptors (Lipinski definition) is 3. The monoisotopic (exact) mass is 217 g/mol. The maximum absolute atomic E-state index is 11.2. The van der Waals surface area contributed by atoms with Gasteiger partial charge in [0.2, 0.25) is 0 Å². The van der Waals surface area contributed by atoms with E-state index >= 15 is 0 Å². The second-order valence-corrected chi connectivity index (χ2v) is 7.82. The Bertz CT molecular complexity index is 325. The molecule has 3 rings (SSSR count). The molecule has 0 amide bonds. The number of hydrogen-bond donors (Lipinski definition) is 1. The zero-order valence-corrected chi connectivity index (χ0v) is 9.95. The van der Waals surface area contributed by atoms with Gasteiger partial charge in [-0.25, -0.2) is 8.42 Å². The fourth-order valence-corrected chi connectivity index (χ4v) is 4.89. The van der Waals surface area contributed by atoms with E-state index in [0.29, 0.717) is 17.3 Å². The largest absolute Gasteiger partial charge is 0.309 e. The third kappa shape index (κ3) is 1.70. The van der Waals surface area contributed by atoms with Gasteiger partial charge in [0, 0.05) is 17.8 Å². The first-order valence-corrected chi connectivity index (χ1v) is 7.26. The summed E-state index contributed by atoms with van der Waals surface area (Å²) >= 11 is 0. The lowest BCUT2D eigenvalue weighted by atomic mass is 9.40. The van der Waals surface area contributed by atoms with Gasteiger partial charge in [-0.05, 0) is 24.7 Å². The van der Waals surface area contributed by atoms with E-state index < -0.39 is 9.84 Å². The van der Waals surface area contributed by atoms with Crippen LogP contribution in [0.2, 0.25) is 0 Å². The quantitative estimate of drug-likeness (QED) is 0.762. The Morgan fingerprint density at radius 1 is 1.29 bits per heavy atom. The summed E-state index contributed by atoms with van der Waals surface area (Å²) in [6.45, 7) is 4.28. The summed E-state index contributed by atoms with van der Waals surface area (Å²) in [6, 6.07) is 0.506. The summed E-state index contributed by atoms with van der Waals surface area (Å²) in [5.41, 5.74) is 0.453. The average Bonchev–Trinajstić information content (AvgIpc) is 1.75. The highest BCUT2D eigenvalue weighted by atomic mass is 32.2. The van der Waals surface area contributed by atoms with E-state index in [1.165, 1.54) is 6.26 Å². The average molecular weight is 217 g/mol. The smallest absolute Gasteiger partial charge is 0.148 e. The highest BCUT2D eigenvalue weighted by Gasteiger charge is 2.68. The van der Waals surface area contributed by atoms with Gasteiger partial charge in [0.1, 0.15) is 9.84 Å². The van der Waals surface area contributed by atoms with Crippen molar-refractivity contribution in [3.8, 4) is 0 Å². The van der Waals surface area contributed by atoms with Gasteiger partial charge in [-0.1, -0.05) is 13.8 Å². The van der Waals surface area contributed by atoms with Gasteiger partial charge in [-0.15, -0.1) is 0 Å². The van der Waals surface area contributed by atoms with Gasteiger partial charge in [0.25, 0.3) is 0 Å². The lowest BCUT2D eigenvalue weighted by Crippen LogP contribution is -2.76. The number of nitrogens with one attached hydrogen (secondary N) is 1. The first kappa shape index (κ1) is 10.4. The molecule has 1 N–H and O–H groups in total. The molecule has 3 saturated carbocycles. The maximum Gasteiger partial charge on any atom is 0.148 e. The van der Waals surface area contributed by atoms with Gasteiger partial charge in [0.05, 0.1) is 5.75 Å². The standard InChI is InChI=1S/C10H19NO2S/c1-8(2)11-10-4-9(5-10,6-10)7-14(3,12)13/h8,11H,4-7H2,1-3H3. The van der Waals surface area contributed by atoms with Crippen molar-refractivity contribution in [2.24, 2.45) is 5.41 Å². The molecule has 2 bridgehead atoms. The third-order valence-electron chi connectivity index (χ3n) is 3.30. The van der Waals surface area contributed by atoms with E-state index in [1.54, 1.807) is 0 Å². The van der Waals surface area contributed by atoms with E-state index in [9.17, 15) is 8.42 Å². The van der Waals surface area contributed by atoms with Crippen LogP contribution in [0.3, 0.4) is 0 Å². The minimum Gasteiger partial charge on any atom is -0.309 e. The van der Waals surface area contributed by atoms with Crippen LogP contribution in [0.4, 0.5) is 0 Å². The maximum atomic E-state index is 11.2. The molecule has 0 aromatic heterocycles. The molecule has 0 aliphatic heterocycles. The van der Waals surface area contributed by atoms with Crippen molar-refractivity contribution in [1.82, 2.24) is 5.32 Å². The Morgan fingerprint density at radius 2 is 1.79 bits per heavy atom. The van der Waals surface area contributed by atoms with Crippen molar-refractivity contribution < 1.29 is 8.42 Å². The molecule has 0 unspecified atom stereocenters. The molecule has 3 aliphatic carbocycles. The third-order valence-corrected chi connectivity index (χ3v) is 4.44. The molecule has 0 atom stereocenters. The summed E-state index contributed by atoms with van der Waals surface area (Å²) in [6.07, 6.45) is 4.53. The molecule has 0 spiro atoms. The van der Waals surface area contributed by atoms with E-state index in [1.807, 2.05) is 0 Å². The fraction of sp³-hybridized carbons (Fsp3) is 1.00. The van der Waals surface area contributed by atoms with Crippen molar-refractivity contribution in [3.05, 3.63) is 0 Å². The molecule has 0 radical (unpaired) electrons. The van der Waals surface area contributed by atoms with Crippen LogP contribution in [0.5, 0.6) is 0 Å². The van der Waals surface area contributed by atoms with Crippen LogP contribution in [-0.2, 0) is 9.84 Å². The summed E-state index contributed by atoms with van der Waals surface area (Å²) in [7, 11) is -2.79. The fourth-order valence-electron chi connectivity index (χ4n) is 3.47. The van der Waals surface area contributed by atoms with E-state index in [-0.39, 0.29) is 5.41 Å². The van der Waals surface area contributed by atoms with Crippen LogP contribution in [-0.4, -0.2) is 32.0 Å². The topological polar surface area (TPSA) is 46.2 Å². The van der Waals surface area contributed by atoms with Crippen LogP contribution in [0, 0.1) is 5.41 Å². The lowest BCUT2D eigenvalue weighted by molar-refractivity contribution is -0.140. The van der Waals surface area contributed by atoms with Crippen molar-refractivity contribution in [2.75, 3.05) is 12.0 Å². The van der Waals surface area contributed by atoms with Crippen LogP contribution >= 0.6 is 0 Å². The zero-order valence-electron chi connectivity index (χ0n) is 9.13. The van der Waals surface area contributed by atoms with Crippen LogP contribution in [0.15, 0.2) is 0 Å². The number of sulfone groups is 1.